The summed E-state index contributed by atoms with van der Waals surface area (Å²) in [6, 6.07) is 8.09. The highest BCUT2D eigenvalue weighted by atomic mass is 19.1. The molecule has 2 heterocycles. The Balaban J connectivity index is 1.59. The second-order valence-electron chi connectivity index (χ2n) is 6.13. The molecule has 2 aromatic rings. The first-order valence-corrected chi connectivity index (χ1v) is 7.73. The predicted molar refractivity (Wildman–Crippen MR) is 83.4 cm³/mol. The molecule has 0 spiro atoms. The van der Waals surface area contributed by atoms with Gasteiger partial charge in [0.2, 0.25) is 5.91 Å². The lowest BCUT2D eigenvalue weighted by Crippen LogP contribution is -2.49. The number of amides is 1. The van der Waals surface area contributed by atoms with Crippen molar-refractivity contribution in [2.75, 3.05) is 19.7 Å². The van der Waals surface area contributed by atoms with E-state index in [1.807, 2.05) is 24.4 Å². The van der Waals surface area contributed by atoms with Gasteiger partial charge in [-0.05, 0) is 48.4 Å². The fraction of sp³-hybridized carbons (Fsp3) is 0.471. The largest absolute Gasteiger partial charge is 0.393 e. The smallest absolute Gasteiger partial charge is 0.223 e. The molecule has 2 N–H and O–H groups in total. The van der Waals surface area contributed by atoms with Crippen molar-refractivity contribution in [1.29, 1.82) is 0 Å². The monoisotopic (exact) mass is 304 g/mol. The summed E-state index contributed by atoms with van der Waals surface area (Å²) in [7, 11) is 0. The van der Waals surface area contributed by atoms with Crippen LogP contribution >= 0.6 is 0 Å². The van der Waals surface area contributed by atoms with E-state index in [1.54, 1.807) is 4.90 Å². The molecule has 0 radical (unpaired) electrons. The third-order valence-corrected chi connectivity index (χ3v) is 4.41. The predicted octanol–water partition coefficient (Wildman–Crippen LogP) is 2.42. The standard InChI is InChI=1S/C17H21FN2O2/c18-17(12-21)7-1-9-20(11-17)16(22)5-3-13-2-4-15-14(10-13)6-8-19-15/h2,4,6,8,10,19,21H,1,3,5,7,9,11-12H2. The number of nitrogens with zero attached hydrogens (tertiary/aromatic N) is 1. The number of carbonyl (C=O) groups excluding carboxylic acids is 1. The summed E-state index contributed by atoms with van der Waals surface area (Å²) >= 11 is 0. The van der Waals surface area contributed by atoms with Gasteiger partial charge in [0.1, 0.15) is 0 Å². The molecule has 0 saturated carbocycles. The van der Waals surface area contributed by atoms with Gasteiger partial charge in [-0.2, -0.15) is 0 Å². The number of carbonyl (C=O) groups is 1. The number of benzene rings is 1. The number of hydrogen-bond donors (Lipinski definition) is 2. The molecular weight excluding hydrogens is 283 g/mol. The number of fused-ring (bicyclic) bond motifs is 1. The SMILES string of the molecule is O=C(CCc1ccc2[nH]ccc2c1)N1CCCC(F)(CO)C1. The van der Waals surface area contributed by atoms with Gasteiger partial charge < -0.3 is 15.0 Å². The van der Waals surface area contributed by atoms with Crippen LogP contribution in [0.4, 0.5) is 4.39 Å². The van der Waals surface area contributed by atoms with E-state index in [2.05, 4.69) is 11.1 Å². The Bertz CT molecular complexity index is 669. The first kappa shape index (κ1) is 15.0. The van der Waals surface area contributed by atoms with Gasteiger partial charge in [0.05, 0.1) is 13.2 Å². The van der Waals surface area contributed by atoms with E-state index in [4.69, 9.17) is 5.11 Å². The quantitative estimate of drug-likeness (QED) is 0.911. The van der Waals surface area contributed by atoms with Crippen LogP contribution in [0.2, 0.25) is 0 Å². The van der Waals surface area contributed by atoms with Crippen LogP contribution in [0.25, 0.3) is 10.9 Å². The van der Waals surface area contributed by atoms with Crippen molar-refractivity contribution < 1.29 is 14.3 Å². The molecule has 1 aromatic carbocycles. The Hall–Kier alpha value is -1.88. The van der Waals surface area contributed by atoms with Crippen molar-refractivity contribution in [3.05, 3.63) is 36.0 Å². The lowest BCUT2D eigenvalue weighted by atomic mass is 9.95. The van der Waals surface area contributed by atoms with Crippen LogP contribution in [0.3, 0.4) is 0 Å². The number of piperidine rings is 1. The average molecular weight is 304 g/mol. The number of nitrogens with one attached hydrogen (secondary N) is 1. The molecule has 22 heavy (non-hydrogen) atoms. The zero-order valence-corrected chi connectivity index (χ0v) is 12.5. The summed E-state index contributed by atoms with van der Waals surface area (Å²) in [4.78, 5) is 16.9. The molecule has 1 aliphatic heterocycles. The lowest BCUT2D eigenvalue weighted by molar-refractivity contribution is -0.136. The number of aromatic nitrogens is 1. The molecule has 1 saturated heterocycles. The number of rotatable bonds is 4. The van der Waals surface area contributed by atoms with Gasteiger partial charge in [0.15, 0.2) is 5.67 Å². The van der Waals surface area contributed by atoms with Crippen molar-refractivity contribution >= 4 is 16.8 Å². The van der Waals surface area contributed by atoms with Gasteiger partial charge in [-0.3, -0.25) is 4.79 Å². The number of aromatic amines is 1. The van der Waals surface area contributed by atoms with Crippen LogP contribution in [-0.4, -0.2) is 46.3 Å². The highest BCUT2D eigenvalue weighted by molar-refractivity contribution is 5.80. The fourth-order valence-corrected chi connectivity index (χ4v) is 3.10. The summed E-state index contributed by atoms with van der Waals surface area (Å²) in [5.74, 6) is -0.0376. The number of alkyl halides is 1. The minimum Gasteiger partial charge on any atom is -0.393 e. The number of aliphatic hydroxyl groups is 1. The lowest BCUT2D eigenvalue weighted by Gasteiger charge is -2.36. The maximum absolute atomic E-state index is 14.2. The minimum atomic E-state index is -1.63. The normalized spacial score (nSPS) is 22.2. The van der Waals surface area contributed by atoms with E-state index in [0.29, 0.717) is 32.2 Å². The molecule has 118 valence electrons. The van der Waals surface area contributed by atoms with Crippen LogP contribution in [0.15, 0.2) is 30.5 Å². The fourth-order valence-electron chi connectivity index (χ4n) is 3.10. The molecule has 4 nitrogen and oxygen atoms in total. The molecule has 1 atom stereocenters. The van der Waals surface area contributed by atoms with Gasteiger partial charge in [-0.1, -0.05) is 6.07 Å². The van der Waals surface area contributed by atoms with Crippen LogP contribution in [0.5, 0.6) is 0 Å². The van der Waals surface area contributed by atoms with Crippen molar-refractivity contribution in [1.82, 2.24) is 9.88 Å². The molecule has 1 fully saturated rings. The van der Waals surface area contributed by atoms with E-state index in [9.17, 15) is 9.18 Å². The maximum atomic E-state index is 14.2. The van der Waals surface area contributed by atoms with E-state index >= 15 is 0 Å². The average Bonchev–Trinajstić information content (AvgIpc) is 3.00. The molecule has 0 bridgehead atoms. The topological polar surface area (TPSA) is 56.3 Å². The Morgan fingerprint density at radius 2 is 2.27 bits per heavy atom. The Morgan fingerprint density at radius 1 is 1.41 bits per heavy atom. The van der Waals surface area contributed by atoms with Gasteiger partial charge in [0.25, 0.3) is 0 Å². The number of aliphatic hydroxyl groups excluding tert-OH is 1. The number of H-pyrrole nitrogens is 1. The van der Waals surface area contributed by atoms with Crippen LogP contribution < -0.4 is 0 Å². The number of hydrogen-bond acceptors (Lipinski definition) is 2. The zero-order chi connectivity index (χ0) is 15.6. The molecule has 1 aromatic heterocycles. The molecule has 1 unspecified atom stereocenters. The molecular formula is C17H21FN2O2. The molecule has 1 amide bonds. The Kier molecular flexibility index (Phi) is 4.16. The zero-order valence-electron chi connectivity index (χ0n) is 12.5. The Labute approximate surface area is 128 Å². The summed E-state index contributed by atoms with van der Waals surface area (Å²) in [6.07, 6.45) is 3.85. The minimum absolute atomic E-state index is 0.0131. The summed E-state index contributed by atoms with van der Waals surface area (Å²) in [5.41, 5.74) is 0.556. The van der Waals surface area contributed by atoms with E-state index in [-0.39, 0.29) is 12.5 Å². The molecule has 3 rings (SSSR count). The second kappa shape index (κ2) is 6.08. The van der Waals surface area contributed by atoms with Crippen LogP contribution in [0.1, 0.15) is 24.8 Å². The van der Waals surface area contributed by atoms with Crippen LogP contribution in [0, 0.1) is 0 Å². The van der Waals surface area contributed by atoms with E-state index in [1.165, 1.54) is 0 Å². The van der Waals surface area contributed by atoms with Gasteiger partial charge >= 0.3 is 0 Å². The van der Waals surface area contributed by atoms with Crippen LogP contribution in [-0.2, 0) is 11.2 Å². The third-order valence-electron chi connectivity index (χ3n) is 4.41. The highest BCUT2D eigenvalue weighted by Crippen LogP contribution is 2.25. The van der Waals surface area contributed by atoms with Gasteiger partial charge in [-0.15, -0.1) is 0 Å². The first-order valence-electron chi connectivity index (χ1n) is 7.73. The molecule has 0 aliphatic carbocycles. The first-order chi connectivity index (χ1) is 10.6. The van der Waals surface area contributed by atoms with Gasteiger partial charge in [0, 0.05) is 24.7 Å². The van der Waals surface area contributed by atoms with Crippen molar-refractivity contribution in [2.24, 2.45) is 0 Å². The van der Waals surface area contributed by atoms with Crippen molar-refractivity contribution in [3.8, 4) is 0 Å². The Morgan fingerprint density at radius 3 is 3.09 bits per heavy atom. The van der Waals surface area contributed by atoms with Crippen molar-refractivity contribution in [3.63, 3.8) is 0 Å². The third kappa shape index (κ3) is 3.14. The second-order valence-corrected chi connectivity index (χ2v) is 6.13. The number of halogens is 1. The van der Waals surface area contributed by atoms with Crippen molar-refractivity contribution in [2.45, 2.75) is 31.4 Å². The summed E-state index contributed by atoms with van der Waals surface area (Å²) in [6.45, 7) is 0.0848. The maximum Gasteiger partial charge on any atom is 0.223 e. The number of likely N-dealkylation sites (tertiary alicyclic amines) is 1. The highest BCUT2D eigenvalue weighted by Gasteiger charge is 2.36. The van der Waals surface area contributed by atoms with Gasteiger partial charge in [-0.25, -0.2) is 4.39 Å². The van der Waals surface area contributed by atoms with E-state index in [0.717, 1.165) is 16.5 Å². The molecule has 1 aliphatic rings. The summed E-state index contributed by atoms with van der Waals surface area (Å²) in [5, 5.41) is 10.3. The molecule has 5 heteroatoms. The summed E-state index contributed by atoms with van der Waals surface area (Å²) < 4.78 is 14.2. The van der Waals surface area contributed by atoms with E-state index < -0.39 is 12.3 Å². The number of aryl methyl sites for hydroxylation is 1.